The number of carbonyl (C=O) groups is 3. The number of hydrogen-bond donors (Lipinski definition) is 2. The van der Waals surface area contributed by atoms with Gasteiger partial charge in [0.25, 0.3) is 0 Å². The van der Waals surface area contributed by atoms with Crippen molar-refractivity contribution in [2.75, 3.05) is 5.32 Å². The molecule has 6 nitrogen and oxygen atoms in total. The van der Waals surface area contributed by atoms with Crippen molar-refractivity contribution in [3.05, 3.63) is 39.5 Å². The summed E-state index contributed by atoms with van der Waals surface area (Å²) in [5, 5.41) is 10.8. The van der Waals surface area contributed by atoms with Crippen molar-refractivity contribution in [2.45, 2.75) is 59.7 Å². The molecule has 164 valence electrons. The van der Waals surface area contributed by atoms with E-state index in [-0.39, 0.29) is 36.6 Å². The highest BCUT2D eigenvalue weighted by Gasteiger charge is 2.41. The van der Waals surface area contributed by atoms with Gasteiger partial charge in [0.2, 0.25) is 0 Å². The Kier molecular flexibility index (Phi) is 6.95. The Morgan fingerprint density at radius 3 is 2.47 bits per heavy atom. The molecule has 1 aliphatic heterocycles. The molecule has 0 saturated heterocycles. The predicted molar refractivity (Wildman–Crippen MR) is 103 cm³/mol. The number of carbonyl (C=O) groups excluding carboxylic acids is 2. The molecule has 1 aromatic rings. The minimum absolute atomic E-state index is 0.0538. The molecule has 1 aliphatic rings. The molecule has 9 heteroatoms. The largest absolute Gasteiger partial charge is 0.481 e. The third-order valence-electron chi connectivity index (χ3n) is 5.41. The zero-order valence-corrected chi connectivity index (χ0v) is 17.2. The van der Waals surface area contributed by atoms with Crippen LogP contribution in [0, 0.1) is 12.8 Å². The summed E-state index contributed by atoms with van der Waals surface area (Å²) in [6, 6.07) is 0. The van der Waals surface area contributed by atoms with E-state index in [2.05, 4.69) is 0 Å². The molecule has 1 heterocycles. The Morgan fingerprint density at radius 2 is 1.93 bits per heavy atom. The van der Waals surface area contributed by atoms with E-state index < -0.39 is 24.0 Å². The maximum Gasteiger partial charge on any atom is 0.471 e. The molecular formula is C21H24F3NO5. The minimum Gasteiger partial charge on any atom is -0.481 e. The van der Waals surface area contributed by atoms with Crippen molar-refractivity contribution in [2.24, 2.45) is 5.92 Å². The first-order valence-corrected chi connectivity index (χ1v) is 9.49. The van der Waals surface area contributed by atoms with Gasteiger partial charge in [-0.15, -0.1) is 0 Å². The number of rotatable bonds is 7. The van der Waals surface area contributed by atoms with Crippen molar-refractivity contribution in [1.29, 1.82) is 0 Å². The van der Waals surface area contributed by atoms with E-state index in [0.29, 0.717) is 17.5 Å². The zero-order valence-electron chi connectivity index (χ0n) is 17.2. The third kappa shape index (κ3) is 4.83. The summed E-state index contributed by atoms with van der Waals surface area (Å²) in [7, 11) is 0. The van der Waals surface area contributed by atoms with Crippen molar-refractivity contribution in [1.82, 2.24) is 0 Å². The Hall–Kier alpha value is -2.84. The highest BCUT2D eigenvalue weighted by Crippen LogP contribution is 2.38. The molecule has 0 fully saturated rings. The number of nitrogens with one attached hydrogen (secondary N) is 1. The van der Waals surface area contributed by atoms with E-state index in [1.165, 1.54) is 0 Å². The molecule has 2 rings (SSSR count). The number of amides is 1. The van der Waals surface area contributed by atoms with Gasteiger partial charge in [-0.05, 0) is 49.3 Å². The third-order valence-corrected chi connectivity index (χ3v) is 5.41. The van der Waals surface area contributed by atoms with Crippen molar-refractivity contribution >= 4 is 23.5 Å². The lowest BCUT2D eigenvalue weighted by Crippen LogP contribution is -2.31. The first-order valence-electron chi connectivity index (χ1n) is 9.49. The van der Waals surface area contributed by atoms with Crippen LogP contribution in [0.25, 0.3) is 0 Å². The summed E-state index contributed by atoms with van der Waals surface area (Å²) < 4.78 is 43.8. The van der Waals surface area contributed by atoms with E-state index in [4.69, 9.17) is 9.84 Å². The van der Waals surface area contributed by atoms with E-state index >= 15 is 0 Å². The monoisotopic (exact) mass is 427 g/mol. The number of cyclic esters (lactones) is 1. The number of halogens is 3. The molecule has 0 spiro atoms. The number of hydrogen-bond acceptors (Lipinski definition) is 4. The number of carboxylic acids is 1. The molecular weight excluding hydrogens is 403 g/mol. The van der Waals surface area contributed by atoms with Crippen LogP contribution >= 0.6 is 0 Å². The SMILES string of the molecule is CCc1c(C)c2c(c(NC(=O)C(F)(F)F)c1CC=C(C)C(C)CC(=O)O)C(=O)OC2. The van der Waals surface area contributed by atoms with Gasteiger partial charge in [0, 0.05) is 5.56 Å². The summed E-state index contributed by atoms with van der Waals surface area (Å²) in [6.45, 7) is 7.00. The first kappa shape index (κ1) is 23.4. The highest BCUT2D eigenvalue weighted by atomic mass is 19.4. The normalized spacial score (nSPS) is 14.9. The summed E-state index contributed by atoms with van der Waals surface area (Å²) in [5.74, 6) is -4.19. The lowest BCUT2D eigenvalue weighted by atomic mass is 9.87. The smallest absolute Gasteiger partial charge is 0.471 e. The van der Waals surface area contributed by atoms with Gasteiger partial charge < -0.3 is 15.2 Å². The van der Waals surface area contributed by atoms with Gasteiger partial charge in [0.05, 0.1) is 17.7 Å². The molecule has 0 aliphatic carbocycles. The fourth-order valence-electron chi connectivity index (χ4n) is 3.58. The summed E-state index contributed by atoms with van der Waals surface area (Å²) in [5.41, 5.74) is 2.83. The van der Waals surface area contributed by atoms with Crippen LogP contribution in [0.2, 0.25) is 0 Å². The number of alkyl halides is 3. The maximum atomic E-state index is 12.9. The Balaban J connectivity index is 2.61. The van der Waals surface area contributed by atoms with Crippen LogP contribution in [-0.4, -0.2) is 29.1 Å². The molecule has 1 amide bonds. The van der Waals surface area contributed by atoms with Crippen LogP contribution in [0.3, 0.4) is 0 Å². The lowest BCUT2D eigenvalue weighted by molar-refractivity contribution is -0.167. The number of benzene rings is 1. The number of anilines is 1. The lowest BCUT2D eigenvalue weighted by Gasteiger charge is -2.21. The van der Waals surface area contributed by atoms with E-state index in [1.54, 1.807) is 26.8 Å². The molecule has 2 N–H and O–H groups in total. The van der Waals surface area contributed by atoms with Crippen LogP contribution in [0.4, 0.5) is 18.9 Å². The van der Waals surface area contributed by atoms with Gasteiger partial charge in [-0.3, -0.25) is 9.59 Å². The zero-order chi connectivity index (χ0) is 22.8. The van der Waals surface area contributed by atoms with Gasteiger partial charge in [-0.2, -0.15) is 13.2 Å². The Bertz CT molecular complexity index is 918. The molecule has 1 unspecified atom stereocenters. The van der Waals surface area contributed by atoms with Crippen LogP contribution in [-0.2, 0) is 33.8 Å². The number of aliphatic carboxylic acids is 1. The second-order valence-corrected chi connectivity index (χ2v) is 7.34. The summed E-state index contributed by atoms with van der Waals surface area (Å²) in [4.78, 5) is 34.9. The topological polar surface area (TPSA) is 92.7 Å². The molecule has 0 saturated carbocycles. The van der Waals surface area contributed by atoms with Crippen molar-refractivity contribution in [3.63, 3.8) is 0 Å². The van der Waals surface area contributed by atoms with Crippen LogP contribution < -0.4 is 5.32 Å². The van der Waals surface area contributed by atoms with Crippen LogP contribution in [0.1, 0.15) is 59.8 Å². The number of carboxylic acid groups (broad SMARTS) is 1. The second-order valence-electron chi connectivity index (χ2n) is 7.34. The fourth-order valence-corrected chi connectivity index (χ4v) is 3.58. The van der Waals surface area contributed by atoms with Gasteiger partial charge in [0.15, 0.2) is 0 Å². The van der Waals surface area contributed by atoms with E-state index in [9.17, 15) is 27.6 Å². The molecule has 0 radical (unpaired) electrons. The van der Waals surface area contributed by atoms with Crippen LogP contribution in [0.5, 0.6) is 0 Å². The molecule has 0 aromatic heterocycles. The van der Waals surface area contributed by atoms with Crippen molar-refractivity contribution in [3.8, 4) is 0 Å². The standard InChI is InChI=1S/C21H24F3NO5/c1-5-13-12(4)15-9-30-19(28)17(15)18(25-20(29)21(22,23)24)14(13)7-6-10(2)11(3)8-16(26)27/h6,11H,5,7-9H2,1-4H3,(H,25,29)(H,26,27). The van der Waals surface area contributed by atoms with Gasteiger partial charge >= 0.3 is 24.0 Å². The Labute approximate surface area is 172 Å². The van der Waals surface area contributed by atoms with Gasteiger partial charge in [0.1, 0.15) is 6.61 Å². The predicted octanol–water partition coefficient (Wildman–Crippen LogP) is 4.33. The minimum atomic E-state index is -5.12. The highest BCUT2D eigenvalue weighted by molar-refractivity contribution is 6.06. The fraction of sp³-hybridized carbons (Fsp3) is 0.476. The van der Waals surface area contributed by atoms with Crippen molar-refractivity contribution < 1.29 is 37.4 Å². The number of allylic oxidation sites excluding steroid dienone is 2. The number of fused-ring (bicyclic) bond motifs is 1. The second kappa shape index (κ2) is 8.89. The maximum absolute atomic E-state index is 12.9. The number of ether oxygens (including phenoxy) is 1. The molecule has 0 bridgehead atoms. The summed E-state index contributed by atoms with van der Waals surface area (Å²) in [6.07, 6.45) is -2.89. The first-order chi connectivity index (χ1) is 13.9. The van der Waals surface area contributed by atoms with E-state index in [0.717, 1.165) is 16.7 Å². The molecule has 1 atom stereocenters. The van der Waals surface area contributed by atoms with Gasteiger partial charge in [-0.1, -0.05) is 25.5 Å². The Morgan fingerprint density at radius 1 is 1.30 bits per heavy atom. The summed E-state index contributed by atoms with van der Waals surface area (Å²) >= 11 is 0. The molecule has 30 heavy (non-hydrogen) atoms. The average molecular weight is 427 g/mol. The quantitative estimate of drug-likeness (QED) is 0.499. The van der Waals surface area contributed by atoms with E-state index in [1.807, 2.05) is 12.2 Å². The number of esters is 1. The van der Waals surface area contributed by atoms with Crippen LogP contribution in [0.15, 0.2) is 11.6 Å². The molecule has 1 aromatic carbocycles. The van der Waals surface area contributed by atoms with Gasteiger partial charge in [-0.25, -0.2) is 4.79 Å². The average Bonchev–Trinajstić information content (AvgIpc) is 3.02.